The first-order valence-electron chi connectivity index (χ1n) is 3.17. The van der Waals surface area contributed by atoms with E-state index in [-0.39, 0.29) is 12.0 Å². The van der Waals surface area contributed by atoms with Crippen molar-refractivity contribution in [2.45, 2.75) is 26.4 Å². The molecule has 0 fully saturated rings. The molecule has 0 aliphatic rings. The molecule has 0 aliphatic carbocycles. The molecular weight excluding hydrogens is 154 g/mol. The van der Waals surface area contributed by atoms with Crippen LogP contribution in [0.1, 0.15) is 20.3 Å². The first-order chi connectivity index (χ1) is 4.66. The van der Waals surface area contributed by atoms with E-state index < -0.39 is 0 Å². The molecule has 0 aromatic carbocycles. The summed E-state index contributed by atoms with van der Waals surface area (Å²) in [5.74, 6) is 0.150. The van der Waals surface area contributed by atoms with Crippen molar-refractivity contribution in [3.8, 4) is 0 Å². The Morgan fingerprint density at radius 1 is 1.70 bits per heavy atom. The summed E-state index contributed by atoms with van der Waals surface area (Å²) in [4.78, 5) is 15.4. The predicted molar refractivity (Wildman–Crippen MR) is 39.7 cm³/mol. The van der Waals surface area contributed by atoms with Crippen LogP contribution in [0, 0.1) is 0 Å². The number of hydrogen-bond acceptors (Lipinski definition) is 2. The predicted octanol–water partition coefficient (Wildman–Crippen LogP) is 1.07. The van der Waals surface area contributed by atoms with Gasteiger partial charge in [0.25, 0.3) is 0 Å². The zero-order valence-electron chi connectivity index (χ0n) is 6.19. The summed E-state index contributed by atoms with van der Waals surface area (Å²) in [5.41, 5.74) is 2.26. The van der Waals surface area contributed by atoms with E-state index in [2.05, 4.69) is 5.48 Å². The maximum atomic E-state index is 10.6. The normalized spacial score (nSPS) is 10.0. The number of hydroxylamine groups is 1. The van der Waals surface area contributed by atoms with Crippen LogP contribution in [0.4, 0.5) is 0 Å². The minimum Gasteiger partial charge on any atom is -0.273 e. The van der Waals surface area contributed by atoms with Gasteiger partial charge in [0.2, 0.25) is 5.91 Å². The summed E-state index contributed by atoms with van der Waals surface area (Å²) in [5, 5.41) is 0. The molecule has 0 bridgehead atoms. The Morgan fingerprint density at radius 2 is 2.30 bits per heavy atom. The lowest BCUT2D eigenvalue weighted by molar-refractivity contribution is -0.136. The average Bonchev–Trinajstić information content (AvgIpc) is 1.85. The molecule has 1 amide bonds. The van der Waals surface area contributed by atoms with E-state index in [1.807, 2.05) is 13.8 Å². The number of amides is 1. The van der Waals surface area contributed by atoms with E-state index >= 15 is 0 Å². The molecule has 0 saturated carbocycles. The van der Waals surface area contributed by atoms with Crippen molar-refractivity contribution in [2.24, 2.45) is 0 Å². The molecule has 0 unspecified atom stereocenters. The minimum atomic E-state index is -0.177. The Morgan fingerprint density at radius 3 is 2.70 bits per heavy atom. The van der Waals surface area contributed by atoms with Crippen LogP contribution in [-0.2, 0) is 9.63 Å². The molecule has 60 valence electrons. The molecule has 4 heteroatoms. The molecule has 10 heavy (non-hydrogen) atoms. The first kappa shape index (κ1) is 9.72. The van der Waals surface area contributed by atoms with Gasteiger partial charge in [-0.05, 0) is 13.8 Å². The molecule has 0 rings (SSSR count). The molecular formula is C6H12ClNO2. The number of hydrogen-bond donors (Lipinski definition) is 1. The van der Waals surface area contributed by atoms with Crippen molar-refractivity contribution < 1.29 is 9.63 Å². The van der Waals surface area contributed by atoms with Crippen molar-refractivity contribution >= 4 is 17.5 Å². The highest BCUT2D eigenvalue weighted by Gasteiger charge is 1.99. The summed E-state index contributed by atoms with van der Waals surface area (Å²) < 4.78 is 0. The number of carbonyl (C=O) groups excluding carboxylic acids is 1. The smallest absolute Gasteiger partial charge is 0.244 e. The highest BCUT2D eigenvalue weighted by Crippen LogP contribution is 1.86. The molecule has 0 atom stereocenters. The van der Waals surface area contributed by atoms with Crippen LogP contribution in [0.5, 0.6) is 0 Å². The van der Waals surface area contributed by atoms with Gasteiger partial charge < -0.3 is 0 Å². The molecule has 1 N–H and O–H groups in total. The molecule has 0 spiro atoms. The van der Waals surface area contributed by atoms with Gasteiger partial charge in [-0.1, -0.05) is 0 Å². The Bertz CT molecular complexity index is 106. The van der Waals surface area contributed by atoms with Crippen LogP contribution in [0.3, 0.4) is 0 Å². The molecule has 0 heterocycles. The standard InChI is InChI=1S/C6H12ClNO2/c1-5(2)10-8-6(9)3-4-7/h5H,3-4H2,1-2H3,(H,8,9). The second kappa shape index (κ2) is 5.50. The quantitative estimate of drug-likeness (QED) is 0.500. The van der Waals surface area contributed by atoms with E-state index in [0.717, 1.165) is 0 Å². The van der Waals surface area contributed by atoms with Crippen LogP contribution in [0.15, 0.2) is 0 Å². The maximum Gasteiger partial charge on any atom is 0.244 e. The lowest BCUT2D eigenvalue weighted by atomic mass is 10.5. The number of nitrogens with one attached hydrogen (secondary N) is 1. The van der Waals surface area contributed by atoms with Gasteiger partial charge in [-0.3, -0.25) is 9.63 Å². The minimum absolute atomic E-state index is 0.0132. The lowest BCUT2D eigenvalue weighted by Gasteiger charge is -2.06. The van der Waals surface area contributed by atoms with Crippen molar-refractivity contribution in [3.05, 3.63) is 0 Å². The SMILES string of the molecule is CC(C)ONC(=O)CCCl. The third-order valence-electron chi connectivity index (χ3n) is 0.730. The van der Waals surface area contributed by atoms with Crippen molar-refractivity contribution in [1.82, 2.24) is 5.48 Å². The summed E-state index contributed by atoms with van der Waals surface area (Å²) in [6.07, 6.45) is 0.313. The summed E-state index contributed by atoms with van der Waals surface area (Å²) in [6.45, 7) is 3.67. The van der Waals surface area contributed by atoms with E-state index in [1.165, 1.54) is 0 Å². The van der Waals surface area contributed by atoms with Gasteiger partial charge in [0.15, 0.2) is 0 Å². The Hall–Kier alpha value is -0.280. The summed E-state index contributed by atoms with van der Waals surface area (Å²) in [6, 6.07) is 0. The molecule has 3 nitrogen and oxygen atoms in total. The maximum absolute atomic E-state index is 10.6. The molecule has 0 aromatic rings. The van der Waals surface area contributed by atoms with E-state index in [1.54, 1.807) is 0 Å². The number of alkyl halides is 1. The van der Waals surface area contributed by atoms with Crippen LogP contribution < -0.4 is 5.48 Å². The zero-order chi connectivity index (χ0) is 7.98. The Balaban J connectivity index is 3.22. The van der Waals surface area contributed by atoms with E-state index in [4.69, 9.17) is 16.4 Å². The molecule has 0 aromatic heterocycles. The van der Waals surface area contributed by atoms with Gasteiger partial charge in [0, 0.05) is 12.3 Å². The number of carbonyl (C=O) groups is 1. The fourth-order valence-corrected chi connectivity index (χ4v) is 0.492. The lowest BCUT2D eigenvalue weighted by Crippen LogP contribution is -2.26. The van der Waals surface area contributed by atoms with E-state index in [9.17, 15) is 4.79 Å². The van der Waals surface area contributed by atoms with Crippen LogP contribution in [0.25, 0.3) is 0 Å². The second-order valence-corrected chi connectivity index (χ2v) is 2.51. The van der Waals surface area contributed by atoms with Gasteiger partial charge in [-0.2, -0.15) is 0 Å². The van der Waals surface area contributed by atoms with Crippen LogP contribution >= 0.6 is 11.6 Å². The molecule has 0 radical (unpaired) electrons. The van der Waals surface area contributed by atoms with Crippen LogP contribution in [0.2, 0.25) is 0 Å². The number of halogens is 1. The zero-order valence-corrected chi connectivity index (χ0v) is 6.94. The second-order valence-electron chi connectivity index (χ2n) is 2.13. The topological polar surface area (TPSA) is 38.3 Å². The third kappa shape index (κ3) is 5.85. The van der Waals surface area contributed by atoms with Gasteiger partial charge in [0.1, 0.15) is 0 Å². The van der Waals surface area contributed by atoms with Gasteiger partial charge in [-0.25, -0.2) is 5.48 Å². The number of rotatable bonds is 4. The molecule has 0 saturated heterocycles. The van der Waals surface area contributed by atoms with Crippen molar-refractivity contribution in [1.29, 1.82) is 0 Å². The fraction of sp³-hybridized carbons (Fsp3) is 0.833. The largest absolute Gasteiger partial charge is 0.273 e. The van der Waals surface area contributed by atoms with Crippen molar-refractivity contribution in [3.63, 3.8) is 0 Å². The summed E-state index contributed by atoms with van der Waals surface area (Å²) in [7, 11) is 0. The van der Waals surface area contributed by atoms with Crippen molar-refractivity contribution in [2.75, 3.05) is 5.88 Å². The summed E-state index contributed by atoms with van der Waals surface area (Å²) >= 11 is 5.30. The van der Waals surface area contributed by atoms with E-state index in [0.29, 0.717) is 12.3 Å². The van der Waals surface area contributed by atoms with Gasteiger partial charge in [-0.15, -0.1) is 11.6 Å². The fourth-order valence-electron chi connectivity index (χ4n) is 0.320. The average molecular weight is 166 g/mol. The monoisotopic (exact) mass is 165 g/mol. The molecule has 0 aliphatic heterocycles. The first-order valence-corrected chi connectivity index (χ1v) is 3.70. The Labute approximate surface area is 65.6 Å². The van der Waals surface area contributed by atoms with Gasteiger partial charge >= 0.3 is 0 Å². The van der Waals surface area contributed by atoms with Gasteiger partial charge in [0.05, 0.1) is 6.10 Å². The highest BCUT2D eigenvalue weighted by molar-refractivity contribution is 6.18. The Kier molecular flexibility index (Phi) is 5.35. The van der Waals surface area contributed by atoms with Crippen LogP contribution in [-0.4, -0.2) is 17.9 Å². The highest BCUT2D eigenvalue weighted by atomic mass is 35.5. The third-order valence-corrected chi connectivity index (χ3v) is 0.919.